The van der Waals surface area contributed by atoms with Gasteiger partial charge < -0.3 is 9.47 Å². The smallest absolute Gasteiger partial charge is 0.240 e. The third kappa shape index (κ3) is 3.79. The lowest BCUT2D eigenvalue weighted by molar-refractivity contribution is -0.130. The molecule has 0 fully saturated rings. The van der Waals surface area contributed by atoms with E-state index in [1.54, 1.807) is 26.2 Å². The maximum absolute atomic E-state index is 12.3. The highest BCUT2D eigenvalue weighted by atomic mass is 16.5. The van der Waals surface area contributed by atoms with Crippen molar-refractivity contribution in [1.82, 2.24) is 5.01 Å². The molecule has 30 heavy (non-hydrogen) atoms. The number of rotatable bonds is 5. The largest absolute Gasteiger partial charge is 0.497 e. The van der Waals surface area contributed by atoms with Gasteiger partial charge in [0.1, 0.15) is 11.5 Å². The molecule has 1 heterocycles. The molecule has 0 aliphatic carbocycles. The first-order valence-corrected chi connectivity index (χ1v) is 9.85. The highest BCUT2D eigenvalue weighted by Crippen LogP contribution is 2.36. The average Bonchev–Trinajstić information content (AvgIpc) is 3.25. The number of methoxy groups -OCH3 is 2. The minimum Gasteiger partial charge on any atom is -0.497 e. The van der Waals surface area contributed by atoms with Crippen LogP contribution < -0.4 is 9.47 Å². The van der Waals surface area contributed by atoms with Gasteiger partial charge in [0.15, 0.2) is 0 Å². The first-order valence-electron chi connectivity index (χ1n) is 9.85. The Morgan fingerprint density at radius 3 is 2.27 bits per heavy atom. The fourth-order valence-corrected chi connectivity index (χ4v) is 3.79. The Hall–Kier alpha value is -3.60. The van der Waals surface area contributed by atoms with Gasteiger partial charge in [-0.25, -0.2) is 5.01 Å². The zero-order valence-electron chi connectivity index (χ0n) is 17.3. The van der Waals surface area contributed by atoms with Crippen molar-refractivity contribution in [2.24, 2.45) is 5.10 Å². The Balaban J connectivity index is 1.64. The summed E-state index contributed by atoms with van der Waals surface area (Å²) in [6, 6.07) is 24.1. The molecule has 0 radical (unpaired) electrons. The van der Waals surface area contributed by atoms with Crippen LogP contribution in [0.25, 0.3) is 11.1 Å². The van der Waals surface area contributed by atoms with Crippen LogP contribution in [0.5, 0.6) is 11.5 Å². The SMILES string of the molecule is COc1ccc(C2=NN(C(C)=O)C(c3ccc(-c4ccccc4)cc3)C2)c(OC)c1. The van der Waals surface area contributed by atoms with Gasteiger partial charge in [0, 0.05) is 25.0 Å². The number of carbonyl (C=O) groups excluding carboxylic acids is 1. The molecule has 0 saturated heterocycles. The van der Waals surface area contributed by atoms with Crippen molar-refractivity contribution in [2.45, 2.75) is 19.4 Å². The first kappa shape index (κ1) is 19.7. The number of amides is 1. The summed E-state index contributed by atoms with van der Waals surface area (Å²) in [7, 11) is 3.24. The van der Waals surface area contributed by atoms with Crippen LogP contribution in [-0.2, 0) is 4.79 Å². The highest BCUT2D eigenvalue weighted by Gasteiger charge is 2.32. The lowest BCUT2D eigenvalue weighted by atomic mass is 9.96. The fraction of sp³-hybridized carbons (Fsp3) is 0.200. The minimum absolute atomic E-state index is 0.0883. The second kappa shape index (κ2) is 8.41. The summed E-state index contributed by atoms with van der Waals surface area (Å²) in [5, 5.41) is 6.21. The summed E-state index contributed by atoms with van der Waals surface area (Å²) >= 11 is 0. The molecule has 3 aromatic carbocycles. The highest BCUT2D eigenvalue weighted by molar-refractivity contribution is 6.05. The number of hydrogen-bond acceptors (Lipinski definition) is 4. The van der Waals surface area contributed by atoms with Gasteiger partial charge in [-0.3, -0.25) is 4.79 Å². The topological polar surface area (TPSA) is 51.1 Å². The summed E-state index contributed by atoms with van der Waals surface area (Å²) in [5.74, 6) is 1.30. The van der Waals surface area contributed by atoms with Crippen molar-refractivity contribution >= 4 is 11.6 Å². The quantitative estimate of drug-likeness (QED) is 0.601. The Labute approximate surface area is 176 Å². The molecule has 152 valence electrons. The minimum atomic E-state index is -0.144. The molecule has 0 spiro atoms. The third-order valence-corrected chi connectivity index (χ3v) is 5.36. The average molecular weight is 400 g/mol. The van der Waals surface area contributed by atoms with E-state index in [2.05, 4.69) is 41.5 Å². The summed E-state index contributed by atoms with van der Waals surface area (Å²) in [6.45, 7) is 1.54. The Kier molecular flexibility index (Phi) is 5.53. The van der Waals surface area contributed by atoms with Crippen LogP contribution in [0.4, 0.5) is 0 Å². The molecule has 5 heteroatoms. The molecular formula is C25H24N2O3. The summed E-state index contributed by atoms with van der Waals surface area (Å²) < 4.78 is 10.8. The van der Waals surface area contributed by atoms with Gasteiger partial charge in [-0.05, 0) is 28.8 Å². The van der Waals surface area contributed by atoms with Crippen LogP contribution in [0.2, 0.25) is 0 Å². The van der Waals surface area contributed by atoms with Crippen molar-refractivity contribution in [1.29, 1.82) is 0 Å². The van der Waals surface area contributed by atoms with E-state index in [0.29, 0.717) is 17.9 Å². The molecular weight excluding hydrogens is 376 g/mol. The molecule has 1 atom stereocenters. The maximum Gasteiger partial charge on any atom is 0.240 e. The summed E-state index contributed by atoms with van der Waals surface area (Å²) in [6.07, 6.45) is 0.618. The molecule has 0 N–H and O–H groups in total. The van der Waals surface area contributed by atoms with E-state index in [4.69, 9.17) is 9.47 Å². The van der Waals surface area contributed by atoms with E-state index in [9.17, 15) is 4.79 Å². The van der Waals surface area contributed by atoms with Gasteiger partial charge in [0.2, 0.25) is 5.91 Å². The molecule has 3 aromatic rings. The van der Waals surface area contributed by atoms with Gasteiger partial charge in [0.25, 0.3) is 0 Å². The third-order valence-electron chi connectivity index (χ3n) is 5.36. The van der Waals surface area contributed by atoms with Crippen molar-refractivity contribution in [3.05, 3.63) is 83.9 Å². The van der Waals surface area contributed by atoms with E-state index in [-0.39, 0.29) is 11.9 Å². The van der Waals surface area contributed by atoms with Crippen LogP contribution in [0, 0.1) is 0 Å². The fourth-order valence-electron chi connectivity index (χ4n) is 3.79. The van der Waals surface area contributed by atoms with Crippen LogP contribution in [-0.4, -0.2) is 30.8 Å². The molecule has 1 aliphatic rings. The van der Waals surface area contributed by atoms with Crippen LogP contribution in [0.3, 0.4) is 0 Å². The van der Waals surface area contributed by atoms with E-state index in [0.717, 1.165) is 22.4 Å². The van der Waals surface area contributed by atoms with Gasteiger partial charge >= 0.3 is 0 Å². The molecule has 1 aliphatic heterocycles. The molecule has 1 unspecified atom stereocenters. The summed E-state index contributed by atoms with van der Waals surface area (Å²) in [4.78, 5) is 12.3. The van der Waals surface area contributed by atoms with Crippen LogP contribution in [0.1, 0.15) is 30.5 Å². The lowest BCUT2D eigenvalue weighted by Crippen LogP contribution is -2.24. The van der Waals surface area contributed by atoms with Gasteiger partial charge in [-0.15, -0.1) is 0 Å². The second-order valence-electron chi connectivity index (χ2n) is 7.18. The van der Waals surface area contributed by atoms with E-state index in [1.165, 1.54) is 5.56 Å². The van der Waals surface area contributed by atoms with Crippen molar-refractivity contribution in [2.75, 3.05) is 14.2 Å². The standard InChI is InChI=1S/C25H24N2O3/c1-17(28)27-24(20-11-9-19(10-12-20)18-7-5-4-6-8-18)16-23(26-27)22-14-13-21(29-2)15-25(22)30-3/h4-15,24H,16H2,1-3H3. The number of hydrazone groups is 1. The predicted octanol–water partition coefficient (Wildman–Crippen LogP) is 5.07. The maximum atomic E-state index is 12.3. The Morgan fingerprint density at radius 1 is 0.933 bits per heavy atom. The molecule has 0 aromatic heterocycles. The lowest BCUT2D eigenvalue weighted by Gasteiger charge is -2.20. The van der Waals surface area contributed by atoms with Gasteiger partial charge in [-0.1, -0.05) is 54.6 Å². The predicted molar refractivity (Wildman–Crippen MR) is 118 cm³/mol. The van der Waals surface area contributed by atoms with E-state index < -0.39 is 0 Å². The van der Waals surface area contributed by atoms with Gasteiger partial charge in [0.05, 0.1) is 26.0 Å². The molecule has 0 bridgehead atoms. The van der Waals surface area contributed by atoms with Crippen molar-refractivity contribution in [3.63, 3.8) is 0 Å². The molecule has 5 nitrogen and oxygen atoms in total. The summed E-state index contributed by atoms with van der Waals surface area (Å²) in [5.41, 5.74) is 5.05. The van der Waals surface area contributed by atoms with E-state index >= 15 is 0 Å². The monoisotopic (exact) mass is 400 g/mol. The van der Waals surface area contributed by atoms with Crippen LogP contribution >= 0.6 is 0 Å². The van der Waals surface area contributed by atoms with Crippen molar-refractivity contribution in [3.8, 4) is 22.6 Å². The number of carbonyl (C=O) groups is 1. The number of hydrogen-bond donors (Lipinski definition) is 0. The number of ether oxygens (including phenoxy) is 2. The first-order chi connectivity index (χ1) is 14.6. The number of benzene rings is 3. The Morgan fingerprint density at radius 2 is 1.63 bits per heavy atom. The van der Waals surface area contributed by atoms with Crippen LogP contribution in [0.15, 0.2) is 77.9 Å². The zero-order chi connectivity index (χ0) is 21.1. The molecule has 1 amide bonds. The number of nitrogens with zero attached hydrogens (tertiary/aromatic N) is 2. The second-order valence-corrected chi connectivity index (χ2v) is 7.18. The normalized spacial score (nSPS) is 15.6. The van der Waals surface area contributed by atoms with Crippen molar-refractivity contribution < 1.29 is 14.3 Å². The molecule has 4 rings (SSSR count). The zero-order valence-corrected chi connectivity index (χ0v) is 17.3. The van der Waals surface area contributed by atoms with E-state index in [1.807, 2.05) is 36.4 Å². The molecule has 0 saturated carbocycles. The Bertz CT molecular complexity index is 1080. The van der Waals surface area contributed by atoms with Gasteiger partial charge in [-0.2, -0.15) is 5.10 Å².